The number of benzene rings is 1. The van der Waals surface area contributed by atoms with Gasteiger partial charge in [-0.15, -0.1) is 0 Å². The summed E-state index contributed by atoms with van der Waals surface area (Å²) in [6.45, 7) is 8.39. The summed E-state index contributed by atoms with van der Waals surface area (Å²) >= 11 is 0. The van der Waals surface area contributed by atoms with Crippen molar-refractivity contribution in [2.45, 2.75) is 38.1 Å². The summed E-state index contributed by atoms with van der Waals surface area (Å²) in [4.78, 5) is 1.39. The van der Waals surface area contributed by atoms with Gasteiger partial charge in [-0.05, 0) is 51.0 Å². The van der Waals surface area contributed by atoms with E-state index in [2.05, 4.69) is 26.0 Å². The van der Waals surface area contributed by atoms with Crippen LogP contribution in [0.5, 0.6) is 5.75 Å². The van der Waals surface area contributed by atoms with Gasteiger partial charge in [0, 0.05) is 10.9 Å². The molecule has 0 saturated carbocycles. The molecule has 1 rings (SSSR count). The fourth-order valence-electron chi connectivity index (χ4n) is 1.62. The van der Waals surface area contributed by atoms with Gasteiger partial charge in [0.05, 0.1) is 0 Å². The molecule has 22 heavy (non-hydrogen) atoms. The van der Waals surface area contributed by atoms with Crippen molar-refractivity contribution in [1.29, 1.82) is 0 Å². The van der Waals surface area contributed by atoms with Crippen LogP contribution >= 0.6 is 0 Å². The zero-order valence-corrected chi connectivity index (χ0v) is 14.3. The van der Waals surface area contributed by atoms with E-state index in [4.69, 9.17) is 13.0 Å². The molecular weight excluding hydrogens is 341 g/mol. The second kappa shape index (κ2) is 8.07. The number of rotatable bonds is 3. The lowest BCUT2D eigenvalue weighted by atomic mass is 10.1. The third-order valence-electron chi connectivity index (χ3n) is 2.78. The summed E-state index contributed by atoms with van der Waals surface area (Å²) in [7, 11) is -5.73. The maximum absolute atomic E-state index is 10.7. The van der Waals surface area contributed by atoms with Gasteiger partial charge in [-0.1, -0.05) is 0 Å². The van der Waals surface area contributed by atoms with Gasteiger partial charge < -0.3 is 9.66 Å². The van der Waals surface area contributed by atoms with Gasteiger partial charge in [-0.25, -0.2) is 8.42 Å². The number of phenols is 1. The molecule has 0 aromatic heterocycles. The van der Waals surface area contributed by atoms with E-state index in [1.165, 1.54) is 16.4 Å². The smallest absolute Gasteiger partial charge is 0.485 e. The molecule has 0 spiro atoms. The SMILES string of the molecule is CC[S+](CC)c1cc(C)c(O)c(C)c1.O=S(=O)([O-])C(F)(F)F. The van der Waals surface area contributed by atoms with Crippen molar-refractivity contribution in [3.63, 3.8) is 0 Å². The Kier molecular flexibility index (Phi) is 7.73. The summed E-state index contributed by atoms with van der Waals surface area (Å²) in [6, 6.07) is 4.25. The van der Waals surface area contributed by atoms with E-state index < -0.39 is 15.6 Å². The van der Waals surface area contributed by atoms with Crippen molar-refractivity contribution < 1.29 is 31.2 Å². The monoisotopic (exact) mass is 360 g/mol. The van der Waals surface area contributed by atoms with Crippen LogP contribution in [0.25, 0.3) is 0 Å². The molecule has 1 aromatic rings. The van der Waals surface area contributed by atoms with Crippen LogP contribution in [-0.2, 0) is 21.0 Å². The average molecular weight is 360 g/mol. The van der Waals surface area contributed by atoms with Crippen molar-refractivity contribution in [2.24, 2.45) is 0 Å². The van der Waals surface area contributed by atoms with Gasteiger partial charge in [0.2, 0.25) is 0 Å². The third kappa shape index (κ3) is 6.05. The lowest BCUT2D eigenvalue weighted by Gasteiger charge is -2.08. The van der Waals surface area contributed by atoms with Gasteiger partial charge in [-0.2, -0.15) is 13.2 Å². The summed E-state index contributed by atoms with van der Waals surface area (Å²) in [6.07, 6.45) is 0. The van der Waals surface area contributed by atoms with Gasteiger partial charge >= 0.3 is 5.51 Å². The Morgan fingerprint density at radius 3 is 1.68 bits per heavy atom. The molecule has 0 atom stereocenters. The maximum atomic E-state index is 10.7. The number of halogens is 3. The minimum Gasteiger partial charge on any atom is -0.741 e. The van der Waals surface area contributed by atoms with Gasteiger partial charge in [-0.3, -0.25) is 0 Å². The van der Waals surface area contributed by atoms with Crippen molar-refractivity contribution in [1.82, 2.24) is 0 Å². The lowest BCUT2D eigenvalue weighted by Crippen LogP contribution is -2.21. The first-order valence-electron chi connectivity index (χ1n) is 6.35. The lowest BCUT2D eigenvalue weighted by molar-refractivity contribution is -0.0517. The molecule has 1 aromatic carbocycles. The molecule has 0 aliphatic rings. The summed E-state index contributed by atoms with van der Waals surface area (Å²) in [5, 5.41) is 9.66. The first-order chi connectivity index (χ1) is 9.85. The molecule has 0 heterocycles. The molecule has 0 unspecified atom stereocenters. The van der Waals surface area contributed by atoms with Crippen LogP contribution in [0.1, 0.15) is 25.0 Å². The average Bonchev–Trinajstić information content (AvgIpc) is 2.35. The van der Waals surface area contributed by atoms with E-state index in [1.54, 1.807) is 0 Å². The second-order valence-corrected chi connectivity index (χ2v) is 8.36. The molecule has 9 heteroatoms. The minimum atomic E-state index is -6.09. The van der Waals surface area contributed by atoms with Crippen LogP contribution in [0.2, 0.25) is 0 Å². The zero-order chi connectivity index (χ0) is 17.7. The number of alkyl halides is 3. The molecule has 0 aliphatic carbocycles. The van der Waals surface area contributed by atoms with Crippen LogP contribution in [0, 0.1) is 13.8 Å². The fraction of sp³-hybridized carbons (Fsp3) is 0.538. The highest BCUT2D eigenvalue weighted by Gasteiger charge is 2.36. The summed E-state index contributed by atoms with van der Waals surface area (Å²) in [5.74, 6) is 2.84. The van der Waals surface area contributed by atoms with Crippen LogP contribution < -0.4 is 0 Å². The van der Waals surface area contributed by atoms with Crippen molar-refractivity contribution in [3.05, 3.63) is 23.3 Å². The zero-order valence-electron chi connectivity index (χ0n) is 12.7. The fourth-order valence-corrected chi connectivity index (χ4v) is 3.38. The Morgan fingerprint density at radius 2 is 1.45 bits per heavy atom. The predicted molar refractivity (Wildman–Crippen MR) is 80.0 cm³/mol. The summed E-state index contributed by atoms with van der Waals surface area (Å²) in [5.41, 5.74) is -3.65. The number of aryl methyl sites for hydroxylation is 2. The Morgan fingerprint density at radius 1 is 1.14 bits per heavy atom. The second-order valence-electron chi connectivity index (χ2n) is 4.38. The highest BCUT2D eigenvalue weighted by molar-refractivity contribution is 7.96. The molecule has 0 aliphatic heterocycles. The van der Waals surface area contributed by atoms with E-state index in [0.717, 1.165) is 11.1 Å². The molecule has 0 radical (unpaired) electrons. The molecule has 0 bridgehead atoms. The molecule has 0 fully saturated rings. The summed E-state index contributed by atoms with van der Waals surface area (Å²) < 4.78 is 58.9. The Hall–Kier alpha value is -0.930. The molecular formula is C13H19F3O4S2. The highest BCUT2D eigenvalue weighted by Crippen LogP contribution is 2.26. The first kappa shape index (κ1) is 21.1. The molecule has 128 valence electrons. The van der Waals surface area contributed by atoms with Crippen LogP contribution in [-0.4, -0.2) is 35.1 Å². The van der Waals surface area contributed by atoms with Crippen molar-refractivity contribution in [3.8, 4) is 5.75 Å². The Labute approximate surface area is 131 Å². The Bertz CT molecular complexity index is 571. The van der Waals surface area contributed by atoms with Gasteiger partial charge in [0.25, 0.3) is 0 Å². The molecule has 0 amide bonds. The largest absolute Gasteiger partial charge is 0.741 e. The standard InChI is InChI=1S/C12H18OS.CHF3O3S/c1-5-14(6-2)11-7-9(3)12(13)10(4)8-11;2-1(3,4)8(5,6)7/h7-8H,5-6H2,1-4H3;(H,5,6,7). The molecule has 0 saturated heterocycles. The van der Waals surface area contributed by atoms with E-state index in [1.807, 2.05) is 13.8 Å². The number of hydrogen-bond donors (Lipinski definition) is 1. The van der Waals surface area contributed by atoms with Gasteiger partial charge in [0.15, 0.2) is 15.0 Å². The number of hydrogen-bond acceptors (Lipinski definition) is 4. The van der Waals surface area contributed by atoms with E-state index in [9.17, 15) is 18.3 Å². The van der Waals surface area contributed by atoms with Crippen LogP contribution in [0.4, 0.5) is 13.2 Å². The van der Waals surface area contributed by atoms with E-state index >= 15 is 0 Å². The van der Waals surface area contributed by atoms with Crippen LogP contribution in [0.3, 0.4) is 0 Å². The number of phenolic OH excluding ortho intramolecular Hbond substituents is 1. The molecule has 4 nitrogen and oxygen atoms in total. The number of aromatic hydroxyl groups is 1. The normalized spacial score (nSPS) is 12.0. The highest BCUT2D eigenvalue weighted by atomic mass is 32.2. The Balaban J connectivity index is 0.000000472. The van der Waals surface area contributed by atoms with E-state index in [0.29, 0.717) is 16.6 Å². The van der Waals surface area contributed by atoms with Crippen molar-refractivity contribution in [2.75, 3.05) is 11.5 Å². The predicted octanol–water partition coefficient (Wildman–Crippen LogP) is 3.08. The van der Waals surface area contributed by atoms with Crippen LogP contribution in [0.15, 0.2) is 17.0 Å². The van der Waals surface area contributed by atoms with Gasteiger partial charge in [0.1, 0.15) is 17.3 Å². The maximum Gasteiger partial charge on any atom is 0.485 e. The molecule has 1 N–H and O–H groups in total. The van der Waals surface area contributed by atoms with Crippen molar-refractivity contribution >= 4 is 21.0 Å². The first-order valence-corrected chi connectivity index (χ1v) is 9.32. The van der Waals surface area contributed by atoms with E-state index in [-0.39, 0.29) is 0 Å². The third-order valence-corrected chi connectivity index (χ3v) is 5.64. The topological polar surface area (TPSA) is 77.4 Å². The quantitative estimate of drug-likeness (QED) is 0.510. The minimum absolute atomic E-state index is 0.358.